The van der Waals surface area contributed by atoms with Crippen molar-refractivity contribution in [3.8, 4) is 12.1 Å². The van der Waals surface area contributed by atoms with Crippen molar-refractivity contribution in [3.05, 3.63) is 11.8 Å². The summed E-state index contributed by atoms with van der Waals surface area (Å²) in [5, 5.41) is 9.51. The zero-order valence-electron chi connectivity index (χ0n) is 20.3. The van der Waals surface area contributed by atoms with Crippen molar-refractivity contribution in [1.29, 1.82) is 5.26 Å². The SMILES string of the molecule is C[C@H](Oc1nc(C#N)cc(N2C[C@H](C)N(C(=O)OC(C)(C)C)[C@@H](C)C2)n1)[C@@H]1CCCN1C. The van der Waals surface area contributed by atoms with Crippen LogP contribution in [0.5, 0.6) is 6.01 Å². The minimum absolute atomic E-state index is 0.0776. The first-order valence-electron chi connectivity index (χ1n) is 11.4. The molecule has 176 valence electrons. The fourth-order valence-corrected chi connectivity index (χ4v) is 4.64. The number of anilines is 1. The second kappa shape index (κ2) is 9.49. The number of likely N-dealkylation sites (tertiary alicyclic amines) is 1. The highest BCUT2D eigenvalue weighted by Gasteiger charge is 2.36. The molecule has 0 aliphatic carbocycles. The summed E-state index contributed by atoms with van der Waals surface area (Å²) >= 11 is 0. The van der Waals surface area contributed by atoms with Crippen LogP contribution >= 0.6 is 0 Å². The second-order valence-corrected chi connectivity index (χ2v) is 10.0. The van der Waals surface area contributed by atoms with E-state index in [0.717, 1.165) is 19.4 Å². The molecule has 1 aromatic rings. The topological polar surface area (TPSA) is 94.8 Å². The first-order chi connectivity index (χ1) is 15.0. The van der Waals surface area contributed by atoms with E-state index in [2.05, 4.69) is 32.9 Å². The second-order valence-electron chi connectivity index (χ2n) is 10.0. The minimum Gasteiger partial charge on any atom is -0.459 e. The lowest BCUT2D eigenvalue weighted by Crippen LogP contribution is -2.59. The number of nitrogens with zero attached hydrogens (tertiary/aromatic N) is 6. The number of piperazine rings is 1. The summed E-state index contributed by atoms with van der Waals surface area (Å²) in [5.41, 5.74) is -0.273. The smallest absolute Gasteiger partial charge is 0.410 e. The molecule has 2 aliphatic rings. The first-order valence-corrected chi connectivity index (χ1v) is 11.4. The fraction of sp³-hybridized carbons (Fsp3) is 0.739. The summed E-state index contributed by atoms with van der Waals surface area (Å²) < 4.78 is 11.7. The number of amides is 1. The van der Waals surface area contributed by atoms with Crippen LogP contribution in [0.1, 0.15) is 60.1 Å². The predicted molar refractivity (Wildman–Crippen MR) is 122 cm³/mol. The van der Waals surface area contributed by atoms with Crippen LogP contribution in [0.2, 0.25) is 0 Å². The highest BCUT2D eigenvalue weighted by molar-refractivity contribution is 5.69. The molecule has 9 nitrogen and oxygen atoms in total. The summed E-state index contributed by atoms with van der Waals surface area (Å²) in [5.74, 6) is 0.640. The molecule has 3 heterocycles. The van der Waals surface area contributed by atoms with Crippen molar-refractivity contribution in [2.24, 2.45) is 0 Å². The molecule has 3 rings (SSSR count). The number of nitriles is 1. The van der Waals surface area contributed by atoms with E-state index in [-0.39, 0.29) is 36.0 Å². The van der Waals surface area contributed by atoms with E-state index >= 15 is 0 Å². The molecule has 9 heteroatoms. The van der Waals surface area contributed by atoms with Crippen LogP contribution in [-0.4, -0.2) is 82.4 Å². The molecule has 0 unspecified atom stereocenters. The van der Waals surface area contributed by atoms with Crippen LogP contribution in [0.15, 0.2) is 6.07 Å². The molecule has 2 saturated heterocycles. The summed E-state index contributed by atoms with van der Waals surface area (Å²) in [4.78, 5) is 27.8. The molecule has 2 aliphatic heterocycles. The molecule has 1 aromatic heterocycles. The van der Waals surface area contributed by atoms with E-state index in [1.165, 1.54) is 0 Å². The third-order valence-electron chi connectivity index (χ3n) is 6.06. The molecular weight excluding hydrogens is 408 g/mol. The van der Waals surface area contributed by atoms with Crippen molar-refractivity contribution in [2.45, 2.75) is 84.2 Å². The van der Waals surface area contributed by atoms with E-state index in [0.29, 0.717) is 24.9 Å². The summed E-state index contributed by atoms with van der Waals surface area (Å²) in [6.07, 6.45) is 1.84. The van der Waals surface area contributed by atoms with E-state index in [1.807, 2.05) is 41.5 Å². The minimum atomic E-state index is -0.543. The van der Waals surface area contributed by atoms with Gasteiger partial charge in [0.2, 0.25) is 0 Å². The van der Waals surface area contributed by atoms with Gasteiger partial charge in [-0.2, -0.15) is 15.2 Å². The van der Waals surface area contributed by atoms with Gasteiger partial charge in [0.25, 0.3) is 0 Å². The van der Waals surface area contributed by atoms with Gasteiger partial charge < -0.3 is 14.4 Å². The lowest BCUT2D eigenvalue weighted by molar-refractivity contribution is 0.00557. The van der Waals surface area contributed by atoms with Gasteiger partial charge in [0.1, 0.15) is 29.3 Å². The number of hydrogen-bond donors (Lipinski definition) is 0. The molecule has 32 heavy (non-hydrogen) atoms. The summed E-state index contributed by atoms with van der Waals surface area (Å²) in [7, 11) is 2.10. The van der Waals surface area contributed by atoms with Crippen molar-refractivity contribution in [2.75, 3.05) is 31.6 Å². The zero-order chi connectivity index (χ0) is 23.6. The quantitative estimate of drug-likeness (QED) is 0.699. The Labute approximate surface area is 191 Å². The average molecular weight is 445 g/mol. The number of carbonyl (C=O) groups excluding carboxylic acids is 1. The number of rotatable bonds is 4. The average Bonchev–Trinajstić information content (AvgIpc) is 3.11. The maximum atomic E-state index is 12.7. The highest BCUT2D eigenvalue weighted by Crippen LogP contribution is 2.26. The van der Waals surface area contributed by atoms with Gasteiger partial charge in [0.15, 0.2) is 0 Å². The normalized spacial score (nSPS) is 25.4. The molecule has 2 fully saturated rings. The highest BCUT2D eigenvalue weighted by atomic mass is 16.6. The van der Waals surface area contributed by atoms with Gasteiger partial charge in [0.05, 0.1) is 12.1 Å². The number of ether oxygens (including phenoxy) is 2. The predicted octanol–water partition coefficient (Wildman–Crippen LogP) is 3.04. The Kier molecular flexibility index (Phi) is 7.13. The number of hydrogen-bond acceptors (Lipinski definition) is 8. The van der Waals surface area contributed by atoms with Crippen LogP contribution in [-0.2, 0) is 4.74 Å². The monoisotopic (exact) mass is 444 g/mol. The van der Waals surface area contributed by atoms with E-state index < -0.39 is 5.60 Å². The molecule has 1 amide bonds. The van der Waals surface area contributed by atoms with Crippen LogP contribution in [0.25, 0.3) is 0 Å². The number of carbonyl (C=O) groups is 1. The molecule has 0 spiro atoms. The number of aromatic nitrogens is 2. The standard InChI is InChI=1S/C23H36N6O3/c1-15-13-28(14-16(2)29(15)22(30)32-23(4,5)6)20-11-18(12-24)25-21(26-20)31-17(3)19-9-8-10-27(19)7/h11,15-17,19H,8-10,13-14H2,1-7H3/t15-,16-,17-,19-/m0/s1. The van der Waals surface area contributed by atoms with Gasteiger partial charge in [-0.25, -0.2) is 4.79 Å². The molecule has 0 bridgehead atoms. The molecule has 4 atom stereocenters. The Morgan fingerprint density at radius 1 is 1.25 bits per heavy atom. The van der Waals surface area contributed by atoms with Crippen molar-refractivity contribution < 1.29 is 14.3 Å². The Balaban J connectivity index is 1.76. The van der Waals surface area contributed by atoms with Crippen molar-refractivity contribution >= 4 is 11.9 Å². The lowest BCUT2D eigenvalue weighted by atomic mass is 10.1. The zero-order valence-corrected chi connectivity index (χ0v) is 20.3. The van der Waals surface area contributed by atoms with E-state index in [4.69, 9.17) is 9.47 Å². The van der Waals surface area contributed by atoms with Gasteiger partial charge in [-0.05, 0) is 68.0 Å². The molecule has 0 saturated carbocycles. The maximum absolute atomic E-state index is 12.7. The summed E-state index contributed by atoms with van der Waals surface area (Å²) in [6.45, 7) is 13.8. The van der Waals surface area contributed by atoms with Crippen LogP contribution < -0.4 is 9.64 Å². The third kappa shape index (κ3) is 5.60. The van der Waals surface area contributed by atoms with Crippen LogP contribution in [0.4, 0.5) is 10.6 Å². The Bertz CT molecular complexity index is 852. The lowest BCUT2D eigenvalue weighted by Gasteiger charge is -2.44. The molecule has 0 N–H and O–H groups in total. The molecule has 0 aromatic carbocycles. The van der Waals surface area contributed by atoms with E-state index in [9.17, 15) is 10.1 Å². The van der Waals surface area contributed by atoms with Crippen molar-refractivity contribution in [3.63, 3.8) is 0 Å². The summed E-state index contributed by atoms with van der Waals surface area (Å²) in [6, 6.07) is 4.18. The Morgan fingerprint density at radius 3 is 2.44 bits per heavy atom. The largest absolute Gasteiger partial charge is 0.459 e. The van der Waals surface area contributed by atoms with Gasteiger partial charge in [0, 0.05) is 25.2 Å². The fourth-order valence-electron chi connectivity index (χ4n) is 4.64. The Morgan fingerprint density at radius 2 is 1.91 bits per heavy atom. The van der Waals surface area contributed by atoms with E-state index in [1.54, 1.807) is 11.0 Å². The maximum Gasteiger partial charge on any atom is 0.410 e. The van der Waals surface area contributed by atoms with Crippen molar-refractivity contribution in [1.82, 2.24) is 19.8 Å². The number of likely N-dealkylation sites (N-methyl/N-ethyl adjacent to an activating group) is 1. The van der Waals surface area contributed by atoms with Gasteiger partial charge in [-0.15, -0.1) is 0 Å². The van der Waals surface area contributed by atoms with Gasteiger partial charge in [-0.3, -0.25) is 9.80 Å². The molecule has 0 radical (unpaired) electrons. The van der Waals surface area contributed by atoms with Crippen LogP contribution in [0.3, 0.4) is 0 Å². The van der Waals surface area contributed by atoms with Crippen LogP contribution in [0, 0.1) is 11.3 Å². The Hall–Kier alpha value is -2.60. The first kappa shape index (κ1) is 24.1. The van der Waals surface area contributed by atoms with Gasteiger partial charge in [-0.1, -0.05) is 0 Å². The molecular formula is C23H36N6O3. The third-order valence-corrected chi connectivity index (χ3v) is 6.06. The van der Waals surface area contributed by atoms with Gasteiger partial charge >= 0.3 is 12.1 Å².